The number of halogens is 2. The maximum absolute atomic E-state index is 12.9. The van der Waals surface area contributed by atoms with Crippen molar-refractivity contribution in [3.8, 4) is 5.69 Å². The Balaban J connectivity index is 1.78. The number of carbonyl (C=O) groups excluding carboxylic acids is 2. The number of amides is 2. The minimum atomic E-state index is -0.502. The Morgan fingerprint density at radius 3 is 2.38 bits per heavy atom. The predicted molar refractivity (Wildman–Crippen MR) is 139 cm³/mol. The average molecular weight is 495 g/mol. The Labute approximate surface area is 207 Å². The highest BCUT2D eigenvalue weighted by molar-refractivity contribution is 6.44. The number of nitrogens with zero attached hydrogens (tertiary/aromatic N) is 2. The summed E-state index contributed by atoms with van der Waals surface area (Å²) in [5.74, 6) is 0.398. The summed E-state index contributed by atoms with van der Waals surface area (Å²) in [4.78, 5) is 25.3. The molecule has 4 aromatic rings. The number of hydrogen-bond acceptors (Lipinski definition) is 3. The van der Waals surface area contributed by atoms with Gasteiger partial charge in [0.25, 0.3) is 0 Å². The predicted octanol–water partition coefficient (Wildman–Crippen LogP) is 7.48. The molecule has 0 saturated carbocycles. The van der Waals surface area contributed by atoms with E-state index in [1.54, 1.807) is 28.9 Å². The summed E-state index contributed by atoms with van der Waals surface area (Å²) in [7, 11) is 0. The normalized spacial score (nSPS) is 11.5. The summed E-state index contributed by atoms with van der Waals surface area (Å²) in [6, 6.07) is 17.7. The van der Waals surface area contributed by atoms with E-state index in [0.717, 1.165) is 16.5 Å². The van der Waals surface area contributed by atoms with Crippen LogP contribution < -0.4 is 10.6 Å². The van der Waals surface area contributed by atoms with Crippen molar-refractivity contribution >= 4 is 57.3 Å². The number of anilines is 2. The van der Waals surface area contributed by atoms with Crippen molar-refractivity contribution in [2.45, 2.75) is 33.1 Å². The summed E-state index contributed by atoms with van der Waals surface area (Å²) < 4.78 is 1.64. The molecular weight excluding hydrogens is 471 g/mol. The third-order valence-corrected chi connectivity index (χ3v) is 6.21. The molecule has 1 heterocycles. The van der Waals surface area contributed by atoms with Crippen molar-refractivity contribution in [3.63, 3.8) is 0 Å². The first-order valence-corrected chi connectivity index (χ1v) is 11.5. The fourth-order valence-corrected chi connectivity index (χ4v) is 3.96. The van der Waals surface area contributed by atoms with Crippen LogP contribution in [0.25, 0.3) is 16.5 Å². The van der Waals surface area contributed by atoms with Gasteiger partial charge < -0.3 is 5.32 Å². The molecule has 0 atom stereocenters. The fraction of sp³-hybridized carbons (Fsp3) is 0.192. The second kappa shape index (κ2) is 9.12. The topological polar surface area (TPSA) is 76.0 Å². The molecule has 0 radical (unpaired) electrons. The molecule has 0 aliphatic carbocycles. The Morgan fingerprint density at radius 1 is 0.941 bits per heavy atom. The van der Waals surface area contributed by atoms with Crippen molar-refractivity contribution in [2.24, 2.45) is 0 Å². The van der Waals surface area contributed by atoms with Crippen LogP contribution in [0.5, 0.6) is 0 Å². The van der Waals surface area contributed by atoms with E-state index in [4.69, 9.17) is 28.3 Å². The Bertz CT molecular complexity index is 1420. The minimum absolute atomic E-state index is 0.0518. The molecule has 0 spiro atoms. The molecule has 0 unspecified atom stereocenters. The van der Waals surface area contributed by atoms with Gasteiger partial charge in [-0.15, -0.1) is 0 Å². The number of fused-ring (bicyclic) bond motifs is 1. The highest BCUT2D eigenvalue weighted by Gasteiger charge is 2.22. The van der Waals surface area contributed by atoms with E-state index in [9.17, 15) is 9.59 Å². The molecule has 3 aromatic carbocycles. The first-order valence-electron chi connectivity index (χ1n) is 10.7. The standard InChI is InChI=1S/C26H24Cl2N4O2/c1-15(33)19-13-17(12-16-8-5-6-9-18(16)19)32-23(14-22(31-32)26(2,3)4)30-25(34)29-21-11-7-10-20(27)24(21)28/h5-14H,1-4H3,(H2,29,30,34). The van der Waals surface area contributed by atoms with Crippen LogP contribution >= 0.6 is 23.2 Å². The first-order chi connectivity index (χ1) is 16.0. The van der Waals surface area contributed by atoms with Crippen LogP contribution in [-0.4, -0.2) is 21.6 Å². The van der Waals surface area contributed by atoms with Gasteiger partial charge in [-0.1, -0.05) is 74.3 Å². The maximum Gasteiger partial charge on any atom is 0.324 e. The summed E-state index contributed by atoms with van der Waals surface area (Å²) in [6.45, 7) is 7.65. The monoisotopic (exact) mass is 494 g/mol. The average Bonchev–Trinajstić information content (AvgIpc) is 3.20. The van der Waals surface area contributed by atoms with Gasteiger partial charge in [0, 0.05) is 17.0 Å². The molecule has 6 nitrogen and oxygen atoms in total. The molecular formula is C26H24Cl2N4O2. The highest BCUT2D eigenvalue weighted by Crippen LogP contribution is 2.31. The van der Waals surface area contributed by atoms with Gasteiger partial charge in [-0.3, -0.25) is 10.1 Å². The van der Waals surface area contributed by atoms with Gasteiger partial charge in [0.05, 0.1) is 27.1 Å². The first kappa shape index (κ1) is 23.8. The number of nitrogens with one attached hydrogen (secondary N) is 2. The molecule has 0 fully saturated rings. The lowest BCUT2D eigenvalue weighted by Crippen LogP contribution is -2.21. The van der Waals surface area contributed by atoms with Crippen molar-refractivity contribution in [1.29, 1.82) is 0 Å². The Kier molecular flexibility index (Phi) is 6.39. The molecule has 0 aliphatic rings. The lowest BCUT2D eigenvalue weighted by molar-refractivity contribution is 0.101. The molecule has 0 saturated heterocycles. The largest absolute Gasteiger partial charge is 0.324 e. The molecule has 1 aromatic heterocycles. The number of Topliss-reactive ketones (excluding diaryl/α,β-unsaturated/α-hetero) is 1. The van der Waals surface area contributed by atoms with Crippen molar-refractivity contribution in [2.75, 3.05) is 10.6 Å². The SMILES string of the molecule is CC(=O)c1cc(-n2nc(C(C)(C)C)cc2NC(=O)Nc2cccc(Cl)c2Cl)cc2ccccc12. The molecule has 4 rings (SSSR count). The molecule has 0 bridgehead atoms. The molecule has 0 aliphatic heterocycles. The lowest BCUT2D eigenvalue weighted by atomic mass is 9.92. The molecule has 34 heavy (non-hydrogen) atoms. The fourth-order valence-electron chi connectivity index (χ4n) is 3.61. The maximum atomic E-state index is 12.9. The molecule has 8 heteroatoms. The summed E-state index contributed by atoms with van der Waals surface area (Å²) >= 11 is 12.3. The number of benzene rings is 3. The van der Waals surface area contributed by atoms with E-state index in [1.807, 2.05) is 57.2 Å². The third kappa shape index (κ3) is 4.79. The summed E-state index contributed by atoms with van der Waals surface area (Å²) in [6.07, 6.45) is 0. The lowest BCUT2D eigenvalue weighted by Gasteiger charge is -2.14. The van der Waals surface area contributed by atoms with Gasteiger partial charge in [-0.05, 0) is 42.0 Å². The van der Waals surface area contributed by atoms with Gasteiger partial charge in [0.1, 0.15) is 5.82 Å². The molecule has 174 valence electrons. The van der Waals surface area contributed by atoms with Crippen molar-refractivity contribution in [3.05, 3.63) is 82.0 Å². The van der Waals surface area contributed by atoms with Gasteiger partial charge in [-0.25, -0.2) is 9.48 Å². The van der Waals surface area contributed by atoms with E-state index < -0.39 is 6.03 Å². The number of carbonyl (C=O) groups is 2. The van der Waals surface area contributed by atoms with E-state index >= 15 is 0 Å². The van der Waals surface area contributed by atoms with Crippen LogP contribution in [0.1, 0.15) is 43.7 Å². The quantitative estimate of drug-likeness (QED) is 0.288. The van der Waals surface area contributed by atoms with Gasteiger partial charge in [0.2, 0.25) is 0 Å². The van der Waals surface area contributed by atoms with E-state index in [2.05, 4.69) is 10.6 Å². The van der Waals surface area contributed by atoms with Gasteiger partial charge in [-0.2, -0.15) is 5.10 Å². The van der Waals surface area contributed by atoms with Crippen LogP contribution in [-0.2, 0) is 5.41 Å². The number of hydrogen-bond donors (Lipinski definition) is 2. The Morgan fingerprint density at radius 2 is 1.68 bits per heavy atom. The summed E-state index contributed by atoms with van der Waals surface area (Å²) in [5, 5.41) is 12.7. The van der Waals surface area contributed by atoms with Crippen LogP contribution in [0.3, 0.4) is 0 Å². The zero-order valence-electron chi connectivity index (χ0n) is 19.2. The minimum Gasteiger partial charge on any atom is -0.306 e. The van der Waals surface area contributed by atoms with Crippen LogP contribution in [0.4, 0.5) is 16.3 Å². The van der Waals surface area contributed by atoms with Gasteiger partial charge >= 0.3 is 6.03 Å². The second-order valence-electron chi connectivity index (χ2n) is 9.03. The number of urea groups is 1. The van der Waals surface area contributed by atoms with E-state index in [-0.39, 0.29) is 16.2 Å². The van der Waals surface area contributed by atoms with Crippen LogP contribution in [0.2, 0.25) is 10.0 Å². The smallest absolute Gasteiger partial charge is 0.306 e. The third-order valence-electron chi connectivity index (χ3n) is 5.39. The number of rotatable bonds is 4. The Hall–Kier alpha value is -3.35. The van der Waals surface area contributed by atoms with E-state index in [1.165, 1.54) is 6.92 Å². The highest BCUT2D eigenvalue weighted by atomic mass is 35.5. The zero-order chi connectivity index (χ0) is 24.6. The molecule has 2 amide bonds. The van der Waals surface area contributed by atoms with Crippen LogP contribution in [0, 0.1) is 0 Å². The van der Waals surface area contributed by atoms with Crippen molar-refractivity contribution in [1.82, 2.24) is 9.78 Å². The zero-order valence-corrected chi connectivity index (χ0v) is 20.8. The number of aromatic nitrogens is 2. The van der Waals surface area contributed by atoms with E-state index in [0.29, 0.717) is 27.8 Å². The number of ketones is 1. The molecule has 2 N–H and O–H groups in total. The van der Waals surface area contributed by atoms with Gasteiger partial charge in [0.15, 0.2) is 5.78 Å². The van der Waals surface area contributed by atoms with Crippen molar-refractivity contribution < 1.29 is 9.59 Å². The van der Waals surface area contributed by atoms with Crippen LogP contribution in [0.15, 0.2) is 60.7 Å². The summed E-state index contributed by atoms with van der Waals surface area (Å²) in [5.41, 5.74) is 2.14. The second-order valence-corrected chi connectivity index (χ2v) is 9.81.